The van der Waals surface area contributed by atoms with Crippen LogP contribution in [0, 0.1) is 0 Å². The van der Waals surface area contributed by atoms with Crippen molar-refractivity contribution in [1.82, 2.24) is 24.7 Å². The molecule has 2 aromatic carbocycles. The van der Waals surface area contributed by atoms with E-state index in [4.69, 9.17) is 4.98 Å². The van der Waals surface area contributed by atoms with Crippen molar-refractivity contribution in [1.29, 1.82) is 0 Å². The molecule has 0 saturated carbocycles. The second-order valence-electron chi connectivity index (χ2n) is 11.0. The van der Waals surface area contributed by atoms with Gasteiger partial charge >= 0.3 is 6.03 Å². The Labute approximate surface area is 240 Å². The van der Waals surface area contributed by atoms with Crippen molar-refractivity contribution in [2.45, 2.75) is 25.6 Å². The second-order valence-corrected chi connectivity index (χ2v) is 11.0. The third kappa shape index (κ3) is 5.40. The van der Waals surface area contributed by atoms with Crippen molar-refractivity contribution in [3.8, 4) is 0 Å². The summed E-state index contributed by atoms with van der Waals surface area (Å²) in [7, 11) is 3.92. The maximum absolute atomic E-state index is 13.6. The molecule has 1 N–H and O–H groups in total. The molecule has 3 amide bonds. The fraction of sp³-hybridized carbons (Fsp3) is 0.355. The number of carbonyl (C=O) groups is 2. The zero-order valence-electron chi connectivity index (χ0n) is 23.7. The van der Waals surface area contributed by atoms with E-state index in [2.05, 4.69) is 45.9 Å². The summed E-state index contributed by atoms with van der Waals surface area (Å²) in [6, 6.07) is 15.9. The number of likely N-dealkylation sites (N-methyl/N-ethyl adjacent to an activating group) is 1. The quantitative estimate of drug-likeness (QED) is 0.463. The molecule has 3 aromatic rings. The molecule has 1 unspecified atom stereocenters. The Hall–Kier alpha value is -4.28. The fourth-order valence-electron chi connectivity index (χ4n) is 5.93. The summed E-state index contributed by atoms with van der Waals surface area (Å²) in [6.07, 6.45) is 3.76. The van der Waals surface area contributed by atoms with Gasteiger partial charge in [-0.3, -0.25) is 14.6 Å². The maximum Gasteiger partial charge on any atom is 0.326 e. The normalized spacial score (nSPS) is 19.5. The highest BCUT2D eigenvalue weighted by Gasteiger charge is 2.38. The van der Waals surface area contributed by atoms with Crippen LogP contribution >= 0.6 is 0 Å². The molecule has 4 heterocycles. The lowest BCUT2D eigenvalue weighted by molar-refractivity contribution is -0.114. The van der Waals surface area contributed by atoms with Gasteiger partial charge in [-0.25, -0.2) is 9.78 Å². The number of nitrogens with one attached hydrogen (secondary N) is 1. The number of nitrogens with zero attached hydrogens (tertiary/aromatic N) is 7. The van der Waals surface area contributed by atoms with Gasteiger partial charge in [-0.1, -0.05) is 36.9 Å². The first-order valence-corrected chi connectivity index (χ1v) is 14.1. The van der Waals surface area contributed by atoms with Gasteiger partial charge in [0.05, 0.1) is 12.6 Å². The fourth-order valence-corrected chi connectivity index (χ4v) is 5.93. The molecule has 41 heavy (non-hydrogen) atoms. The Bertz CT molecular complexity index is 1450. The molecule has 6 rings (SSSR count). The Kier molecular flexibility index (Phi) is 7.42. The first-order valence-electron chi connectivity index (χ1n) is 14.1. The molecule has 3 aliphatic heterocycles. The average Bonchev–Trinajstić information content (AvgIpc) is 3.00. The zero-order valence-corrected chi connectivity index (χ0v) is 23.7. The maximum atomic E-state index is 13.6. The smallest absolute Gasteiger partial charge is 0.324 e. The number of piperazine rings is 1. The predicted molar refractivity (Wildman–Crippen MR) is 160 cm³/mol. The van der Waals surface area contributed by atoms with Gasteiger partial charge < -0.3 is 20.0 Å². The number of fused-ring (bicyclic) bond motifs is 2. The molecule has 10 heteroatoms. The lowest BCUT2D eigenvalue weighted by Crippen LogP contribution is -2.49. The third-order valence-corrected chi connectivity index (χ3v) is 8.27. The van der Waals surface area contributed by atoms with Gasteiger partial charge in [-0.2, -0.15) is 4.98 Å². The van der Waals surface area contributed by atoms with Crippen molar-refractivity contribution < 1.29 is 9.59 Å². The van der Waals surface area contributed by atoms with E-state index in [9.17, 15) is 9.59 Å². The highest BCUT2D eigenvalue weighted by atomic mass is 16.2. The minimum absolute atomic E-state index is 0.126. The van der Waals surface area contributed by atoms with E-state index in [0.29, 0.717) is 31.3 Å². The topological polar surface area (TPSA) is 88.2 Å². The second kappa shape index (κ2) is 11.3. The van der Waals surface area contributed by atoms with Crippen molar-refractivity contribution in [3.05, 3.63) is 84.1 Å². The molecule has 10 nitrogen and oxygen atoms in total. The molecule has 0 spiro atoms. The number of benzene rings is 2. The van der Waals surface area contributed by atoms with Gasteiger partial charge in [0.15, 0.2) is 0 Å². The molecule has 1 atom stereocenters. The van der Waals surface area contributed by atoms with Crippen LogP contribution in [0.1, 0.15) is 29.2 Å². The molecule has 0 aliphatic carbocycles. The molecule has 1 fully saturated rings. The molecule has 1 aromatic heterocycles. The molecule has 3 aliphatic rings. The number of rotatable bonds is 6. The van der Waals surface area contributed by atoms with E-state index in [0.717, 1.165) is 55.2 Å². The average molecular weight is 553 g/mol. The van der Waals surface area contributed by atoms with Crippen molar-refractivity contribution in [2.75, 3.05) is 61.9 Å². The lowest BCUT2D eigenvalue weighted by atomic mass is 9.94. The minimum Gasteiger partial charge on any atom is -0.324 e. The Morgan fingerprint density at radius 1 is 1.05 bits per heavy atom. The van der Waals surface area contributed by atoms with Crippen LogP contribution in [0.5, 0.6) is 0 Å². The van der Waals surface area contributed by atoms with Gasteiger partial charge in [0.1, 0.15) is 5.82 Å². The molecule has 0 bridgehead atoms. The lowest BCUT2D eigenvalue weighted by Gasteiger charge is -2.43. The van der Waals surface area contributed by atoms with E-state index in [-0.39, 0.29) is 18.0 Å². The molecular weight excluding hydrogens is 516 g/mol. The van der Waals surface area contributed by atoms with Crippen LogP contribution in [0.2, 0.25) is 0 Å². The predicted octanol–water partition coefficient (Wildman–Crippen LogP) is 4.00. The van der Waals surface area contributed by atoms with Gasteiger partial charge in [-0.15, -0.1) is 0 Å². The summed E-state index contributed by atoms with van der Waals surface area (Å²) in [6.45, 7) is 9.88. The third-order valence-electron chi connectivity index (χ3n) is 8.27. The molecular formula is C31H36N8O2. The van der Waals surface area contributed by atoms with E-state index < -0.39 is 0 Å². The highest BCUT2D eigenvalue weighted by Crippen LogP contribution is 2.41. The molecule has 0 radical (unpaired) electrons. The summed E-state index contributed by atoms with van der Waals surface area (Å²) >= 11 is 0. The SMILES string of the molecule is C=CC(=O)N1CCC(N2Cc3cnc(Nc4ccc(CN5CCN(C)CC5)cc4)nc3N(C)C2=O)c2ccccc21. The van der Waals surface area contributed by atoms with E-state index in [1.54, 1.807) is 23.0 Å². The standard InChI is InChI=1S/C31H36N8O2/c1-4-28(40)38-14-13-27(25-7-5-6-8-26(25)38)39-21-23-19-32-30(34-29(23)36(3)31(39)41)33-24-11-9-22(10-12-24)20-37-17-15-35(2)16-18-37/h4-12,19,27H,1,13-18,20-21H2,2-3H3,(H,32,33,34). The van der Waals surface area contributed by atoms with E-state index in [1.165, 1.54) is 11.6 Å². The number of urea groups is 1. The number of carbonyl (C=O) groups excluding carboxylic acids is 2. The van der Waals surface area contributed by atoms with Crippen LogP contribution in [0.3, 0.4) is 0 Å². The number of amides is 3. The highest BCUT2D eigenvalue weighted by molar-refractivity contribution is 6.02. The summed E-state index contributed by atoms with van der Waals surface area (Å²) < 4.78 is 0. The number of para-hydroxylation sites is 1. The van der Waals surface area contributed by atoms with Gasteiger partial charge in [0.2, 0.25) is 11.9 Å². The van der Waals surface area contributed by atoms with E-state index in [1.807, 2.05) is 41.3 Å². The van der Waals surface area contributed by atoms with Crippen molar-refractivity contribution >= 4 is 35.1 Å². The Morgan fingerprint density at radius 2 is 1.80 bits per heavy atom. The largest absolute Gasteiger partial charge is 0.326 e. The van der Waals surface area contributed by atoms with Crippen molar-refractivity contribution in [2.24, 2.45) is 0 Å². The molecule has 1 saturated heterocycles. The summed E-state index contributed by atoms with van der Waals surface area (Å²) in [5.74, 6) is 0.912. The summed E-state index contributed by atoms with van der Waals surface area (Å²) in [4.78, 5) is 45.4. The van der Waals surface area contributed by atoms with E-state index >= 15 is 0 Å². The minimum atomic E-state index is -0.162. The Balaban J connectivity index is 1.16. The van der Waals surface area contributed by atoms with Gasteiger partial charge in [0.25, 0.3) is 0 Å². The summed E-state index contributed by atoms with van der Waals surface area (Å²) in [5.41, 5.74) is 4.83. The number of hydrogen-bond acceptors (Lipinski definition) is 7. The first-order chi connectivity index (χ1) is 19.9. The Morgan fingerprint density at radius 3 is 2.56 bits per heavy atom. The van der Waals surface area contributed by atoms with Crippen LogP contribution in [-0.4, -0.2) is 83.4 Å². The number of aromatic nitrogens is 2. The van der Waals surface area contributed by atoms with Crippen LogP contribution in [0.25, 0.3) is 0 Å². The number of anilines is 4. The van der Waals surface area contributed by atoms with Crippen LogP contribution < -0.4 is 15.1 Å². The van der Waals surface area contributed by atoms with Crippen molar-refractivity contribution in [3.63, 3.8) is 0 Å². The van der Waals surface area contributed by atoms with Crippen LogP contribution in [-0.2, 0) is 17.9 Å². The van der Waals surface area contributed by atoms with Crippen LogP contribution in [0.15, 0.2) is 67.4 Å². The number of hydrogen-bond donors (Lipinski definition) is 1. The summed E-state index contributed by atoms with van der Waals surface area (Å²) in [5, 5.41) is 3.30. The monoisotopic (exact) mass is 552 g/mol. The van der Waals surface area contributed by atoms with Gasteiger partial charge in [-0.05, 0) is 48.9 Å². The van der Waals surface area contributed by atoms with Gasteiger partial charge in [0, 0.05) is 69.5 Å². The van der Waals surface area contributed by atoms with Crippen LogP contribution in [0.4, 0.5) is 27.9 Å². The molecule has 212 valence electrons. The zero-order chi connectivity index (χ0) is 28.5. The first kappa shape index (κ1) is 26.9.